The summed E-state index contributed by atoms with van der Waals surface area (Å²) in [6.07, 6.45) is 6.66. The van der Waals surface area contributed by atoms with E-state index in [-0.39, 0.29) is 17.8 Å². The predicted octanol–water partition coefficient (Wildman–Crippen LogP) is 2.96. The minimum absolute atomic E-state index is 0.161. The van der Waals surface area contributed by atoms with E-state index in [0.29, 0.717) is 52.9 Å². The number of hydroxylamine groups is 1. The van der Waals surface area contributed by atoms with Crippen LogP contribution in [0.2, 0.25) is 0 Å². The third-order valence-corrected chi connectivity index (χ3v) is 5.00. The summed E-state index contributed by atoms with van der Waals surface area (Å²) >= 11 is 0. The Bertz CT molecular complexity index is 665. The highest BCUT2D eigenvalue weighted by Crippen LogP contribution is 2.18. The average molecular weight is 549 g/mol. The number of anilines is 3. The van der Waals surface area contributed by atoms with Gasteiger partial charge in [0.15, 0.2) is 0 Å². The van der Waals surface area contributed by atoms with E-state index in [0.717, 1.165) is 51.4 Å². The summed E-state index contributed by atoms with van der Waals surface area (Å²) in [5.74, 6) is 0.625. The molecule has 0 aliphatic carbocycles. The number of unbranched alkanes of at least 4 members (excludes halogenated alkanes) is 4. The second-order valence-electron chi connectivity index (χ2n) is 8.26. The minimum atomic E-state index is 0.161. The molecule has 1 rings (SSSR count). The van der Waals surface area contributed by atoms with E-state index in [1.54, 1.807) is 35.5 Å². The molecule has 0 aromatic carbocycles. The third kappa shape index (κ3) is 16.8. The zero-order valence-corrected chi connectivity index (χ0v) is 23.8. The molecule has 0 spiro atoms. The number of rotatable bonds is 27. The number of methoxy groups -OCH3 is 4. The highest BCUT2D eigenvalue weighted by molar-refractivity contribution is 5.40. The van der Waals surface area contributed by atoms with Crippen LogP contribution in [0.1, 0.15) is 51.4 Å². The van der Waals surface area contributed by atoms with Crippen molar-refractivity contribution in [2.45, 2.75) is 51.4 Å². The van der Waals surface area contributed by atoms with Gasteiger partial charge in [0.1, 0.15) is 0 Å². The van der Waals surface area contributed by atoms with E-state index >= 15 is 0 Å². The summed E-state index contributed by atoms with van der Waals surface area (Å²) in [5.41, 5.74) is 2.79. The Morgan fingerprint density at radius 3 is 1.45 bits per heavy atom. The molecule has 0 aliphatic rings. The molecular formula is C24H48N6O8. The maximum atomic E-state index is 5.88. The second kappa shape index (κ2) is 24.2. The first-order valence-corrected chi connectivity index (χ1v) is 13.2. The molecule has 0 aliphatic heterocycles. The van der Waals surface area contributed by atoms with Gasteiger partial charge < -0.3 is 18.9 Å². The van der Waals surface area contributed by atoms with Gasteiger partial charge in [-0.05, 0) is 51.4 Å². The fourth-order valence-electron chi connectivity index (χ4n) is 2.91. The number of hydrogen-bond donors (Lipinski definition) is 1. The molecule has 0 saturated carbocycles. The standard InChI is InChI=1S/C24H48N6O8/c1-29(36-19-11-7-15-32-3)23-25-22(28-35-18-10-6-14-31-2)26-24(27-23)30(37-20-12-8-16-33-4)38-21-13-9-17-34-5/h6-21H2,1-5H3,(H,25,26,27,28). The molecule has 14 nitrogen and oxygen atoms in total. The van der Waals surface area contributed by atoms with Gasteiger partial charge >= 0.3 is 0 Å². The van der Waals surface area contributed by atoms with Gasteiger partial charge in [-0.3, -0.25) is 9.68 Å². The van der Waals surface area contributed by atoms with Crippen LogP contribution in [0.5, 0.6) is 0 Å². The molecular weight excluding hydrogens is 500 g/mol. The van der Waals surface area contributed by atoms with Crippen LogP contribution >= 0.6 is 0 Å². The Labute approximate surface area is 227 Å². The number of ether oxygens (including phenoxy) is 4. The highest BCUT2D eigenvalue weighted by atomic mass is 16.9. The molecule has 1 aromatic heterocycles. The topological polar surface area (TPSA) is 131 Å². The van der Waals surface area contributed by atoms with Gasteiger partial charge in [-0.1, -0.05) is 5.23 Å². The molecule has 0 saturated heterocycles. The molecule has 0 amide bonds. The molecule has 14 heteroatoms. The molecule has 0 radical (unpaired) electrons. The van der Waals surface area contributed by atoms with Gasteiger partial charge in [0.05, 0.1) is 26.4 Å². The van der Waals surface area contributed by atoms with Crippen molar-refractivity contribution in [1.82, 2.24) is 15.0 Å². The van der Waals surface area contributed by atoms with Crippen LogP contribution in [-0.2, 0) is 38.3 Å². The maximum Gasteiger partial charge on any atom is 0.284 e. The Balaban J connectivity index is 2.94. The molecule has 0 fully saturated rings. The summed E-state index contributed by atoms with van der Waals surface area (Å²) in [5, 5.41) is 2.71. The van der Waals surface area contributed by atoms with Crippen LogP contribution in [0, 0.1) is 0 Å². The number of nitrogens with zero attached hydrogens (tertiary/aromatic N) is 5. The van der Waals surface area contributed by atoms with Crippen LogP contribution in [0.4, 0.5) is 17.8 Å². The second-order valence-corrected chi connectivity index (χ2v) is 8.26. The quantitative estimate of drug-likeness (QED) is 0.128. The Morgan fingerprint density at radius 1 is 0.526 bits per heavy atom. The van der Waals surface area contributed by atoms with Crippen LogP contribution < -0.4 is 15.8 Å². The average Bonchev–Trinajstić information content (AvgIpc) is 2.93. The molecule has 1 aromatic rings. The van der Waals surface area contributed by atoms with Gasteiger partial charge in [0.2, 0.25) is 0 Å². The lowest BCUT2D eigenvalue weighted by molar-refractivity contribution is -0.0956. The van der Waals surface area contributed by atoms with E-state index in [1.807, 2.05) is 0 Å². The predicted molar refractivity (Wildman–Crippen MR) is 143 cm³/mol. The van der Waals surface area contributed by atoms with Crippen molar-refractivity contribution in [3.8, 4) is 0 Å². The highest BCUT2D eigenvalue weighted by Gasteiger charge is 2.19. The fourth-order valence-corrected chi connectivity index (χ4v) is 2.91. The summed E-state index contributed by atoms with van der Waals surface area (Å²) < 4.78 is 20.4. The van der Waals surface area contributed by atoms with Crippen molar-refractivity contribution < 1.29 is 38.3 Å². The van der Waals surface area contributed by atoms with E-state index in [9.17, 15) is 0 Å². The van der Waals surface area contributed by atoms with Gasteiger partial charge in [-0.25, -0.2) is 20.2 Å². The Morgan fingerprint density at radius 2 is 0.947 bits per heavy atom. The Kier molecular flexibility index (Phi) is 21.7. The van der Waals surface area contributed by atoms with Crippen LogP contribution in [-0.4, -0.2) is 103 Å². The largest absolute Gasteiger partial charge is 0.385 e. The van der Waals surface area contributed by atoms with Crippen LogP contribution in [0.15, 0.2) is 0 Å². The van der Waals surface area contributed by atoms with Gasteiger partial charge in [0, 0.05) is 61.9 Å². The maximum absolute atomic E-state index is 5.88. The lowest BCUT2D eigenvalue weighted by Crippen LogP contribution is -2.29. The number of hydrogen-bond acceptors (Lipinski definition) is 14. The summed E-state index contributed by atoms with van der Waals surface area (Å²) in [4.78, 5) is 36.5. The van der Waals surface area contributed by atoms with E-state index < -0.39 is 0 Å². The van der Waals surface area contributed by atoms with Gasteiger partial charge in [-0.15, -0.1) is 0 Å². The van der Waals surface area contributed by atoms with Crippen molar-refractivity contribution >= 4 is 17.8 Å². The van der Waals surface area contributed by atoms with Gasteiger partial charge in [0.25, 0.3) is 17.8 Å². The molecule has 1 N–H and O–H groups in total. The van der Waals surface area contributed by atoms with E-state index in [2.05, 4.69) is 20.4 Å². The Hall–Kier alpha value is -1.91. The first-order chi connectivity index (χ1) is 18.7. The minimum Gasteiger partial charge on any atom is -0.385 e. The molecule has 222 valence electrons. The lowest BCUT2D eigenvalue weighted by atomic mass is 10.3. The van der Waals surface area contributed by atoms with Crippen LogP contribution in [0.3, 0.4) is 0 Å². The lowest BCUT2D eigenvalue weighted by Gasteiger charge is -2.23. The van der Waals surface area contributed by atoms with Crippen molar-refractivity contribution in [2.24, 2.45) is 0 Å². The van der Waals surface area contributed by atoms with Gasteiger partial charge in [-0.2, -0.15) is 15.0 Å². The fraction of sp³-hybridized carbons (Fsp3) is 0.875. The first-order valence-electron chi connectivity index (χ1n) is 13.2. The molecule has 0 unspecified atom stereocenters. The summed E-state index contributed by atoms with van der Waals surface area (Å²) in [6.45, 7) is 4.39. The molecule has 0 bridgehead atoms. The van der Waals surface area contributed by atoms with E-state index in [1.165, 1.54) is 10.3 Å². The molecule has 0 atom stereocenters. The van der Waals surface area contributed by atoms with Crippen molar-refractivity contribution in [2.75, 3.05) is 104 Å². The van der Waals surface area contributed by atoms with Crippen molar-refractivity contribution in [3.63, 3.8) is 0 Å². The SMILES string of the molecule is COCCCCONc1nc(N(C)OCCCCOC)nc(N(OCCCCOC)OCCCCOC)n1. The smallest absolute Gasteiger partial charge is 0.284 e. The van der Waals surface area contributed by atoms with Crippen LogP contribution in [0.25, 0.3) is 0 Å². The normalized spacial score (nSPS) is 11.2. The van der Waals surface area contributed by atoms with Crippen molar-refractivity contribution in [1.29, 1.82) is 0 Å². The zero-order valence-electron chi connectivity index (χ0n) is 23.8. The third-order valence-electron chi connectivity index (χ3n) is 5.00. The van der Waals surface area contributed by atoms with Crippen molar-refractivity contribution in [3.05, 3.63) is 0 Å². The summed E-state index contributed by atoms with van der Waals surface area (Å²) in [7, 11) is 8.43. The number of aromatic nitrogens is 3. The summed E-state index contributed by atoms with van der Waals surface area (Å²) in [6, 6.07) is 0. The monoisotopic (exact) mass is 548 g/mol. The van der Waals surface area contributed by atoms with E-state index in [4.69, 9.17) is 38.3 Å². The first kappa shape index (κ1) is 34.1. The number of nitrogens with one attached hydrogen (secondary N) is 1. The zero-order chi connectivity index (χ0) is 27.7. The molecule has 1 heterocycles. The molecule has 38 heavy (non-hydrogen) atoms.